The predicted molar refractivity (Wildman–Crippen MR) is 147 cm³/mol. The lowest BCUT2D eigenvalue weighted by Gasteiger charge is -2.00. The van der Waals surface area contributed by atoms with Gasteiger partial charge in [0, 0.05) is 23.5 Å². The molecule has 182 valence electrons. The van der Waals surface area contributed by atoms with Gasteiger partial charge in [-0.2, -0.15) is 0 Å². The summed E-state index contributed by atoms with van der Waals surface area (Å²) in [5, 5.41) is 0. The first-order chi connectivity index (χ1) is 18.7. The summed E-state index contributed by atoms with van der Waals surface area (Å²) in [5.74, 6) is 15.9. The molecule has 0 aliphatic carbocycles. The standard InChI is InChI=1S/C32H22N4O2/c1-37-25-15-9-23(10-16-25)13-19-27-29-7-3-5-21-35(29)31(33-27)32-34-28(30-8-4-6-22-36(30)32)20-14-24-11-17-26(38-2)18-12-24/h3-12,15-18,21-22H,1-2H3. The van der Waals surface area contributed by atoms with Gasteiger partial charge in [-0.15, -0.1) is 0 Å². The average Bonchev–Trinajstić information content (AvgIpc) is 3.54. The van der Waals surface area contributed by atoms with Crippen molar-refractivity contribution in [2.75, 3.05) is 14.2 Å². The summed E-state index contributed by atoms with van der Waals surface area (Å²) in [7, 11) is 3.30. The van der Waals surface area contributed by atoms with E-state index in [-0.39, 0.29) is 0 Å². The van der Waals surface area contributed by atoms with Crippen molar-refractivity contribution >= 4 is 11.0 Å². The molecule has 0 aliphatic heterocycles. The fraction of sp³-hybridized carbons (Fsp3) is 0.0625. The van der Waals surface area contributed by atoms with Gasteiger partial charge in [0.25, 0.3) is 0 Å². The van der Waals surface area contributed by atoms with E-state index < -0.39 is 0 Å². The van der Waals surface area contributed by atoms with Crippen LogP contribution in [0, 0.1) is 23.7 Å². The Kier molecular flexibility index (Phi) is 5.98. The molecule has 0 fully saturated rings. The molecular weight excluding hydrogens is 472 g/mol. The maximum atomic E-state index is 5.24. The summed E-state index contributed by atoms with van der Waals surface area (Å²) in [6.45, 7) is 0. The molecule has 0 bridgehead atoms. The van der Waals surface area contributed by atoms with Crippen molar-refractivity contribution in [3.05, 3.63) is 120 Å². The number of methoxy groups -OCH3 is 2. The quantitative estimate of drug-likeness (QED) is 0.307. The van der Waals surface area contributed by atoms with Crippen LogP contribution in [0.3, 0.4) is 0 Å². The molecule has 38 heavy (non-hydrogen) atoms. The van der Waals surface area contributed by atoms with Gasteiger partial charge in [0.15, 0.2) is 11.6 Å². The summed E-state index contributed by atoms with van der Waals surface area (Å²) in [4.78, 5) is 9.86. The van der Waals surface area contributed by atoms with Crippen LogP contribution in [0.2, 0.25) is 0 Å². The third kappa shape index (κ3) is 4.32. The third-order valence-corrected chi connectivity index (χ3v) is 6.13. The fourth-order valence-corrected chi connectivity index (χ4v) is 4.19. The van der Waals surface area contributed by atoms with Crippen LogP contribution in [0.25, 0.3) is 22.7 Å². The number of ether oxygens (including phenoxy) is 2. The van der Waals surface area contributed by atoms with Gasteiger partial charge in [-0.1, -0.05) is 24.0 Å². The minimum atomic E-state index is 0.676. The highest BCUT2D eigenvalue weighted by Crippen LogP contribution is 2.25. The van der Waals surface area contributed by atoms with Crippen LogP contribution in [-0.4, -0.2) is 33.0 Å². The van der Waals surface area contributed by atoms with Gasteiger partial charge in [-0.05, 0) is 84.6 Å². The van der Waals surface area contributed by atoms with E-state index in [2.05, 4.69) is 23.7 Å². The second kappa shape index (κ2) is 9.89. The van der Waals surface area contributed by atoms with E-state index in [9.17, 15) is 0 Å². The summed E-state index contributed by atoms with van der Waals surface area (Å²) in [5.41, 5.74) is 4.92. The summed E-state index contributed by atoms with van der Waals surface area (Å²) in [6, 6.07) is 27.2. The second-order valence-electron chi connectivity index (χ2n) is 8.44. The molecule has 0 saturated heterocycles. The highest BCUT2D eigenvalue weighted by atomic mass is 16.5. The number of hydrogen-bond acceptors (Lipinski definition) is 4. The molecule has 0 spiro atoms. The van der Waals surface area contributed by atoms with Gasteiger partial charge < -0.3 is 9.47 Å². The van der Waals surface area contributed by atoms with Crippen molar-refractivity contribution in [1.82, 2.24) is 18.8 Å². The van der Waals surface area contributed by atoms with Crippen LogP contribution < -0.4 is 9.47 Å². The van der Waals surface area contributed by atoms with Crippen molar-refractivity contribution < 1.29 is 9.47 Å². The summed E-state index contributed by atoms with van der Waals surface area (Å²) < 4.78 is 14.5. The Labute approximate surface area is 220 Å². The lowest BCUT2D eigenvalue weighted by molar-refractivity contribution is 0.414. The lowest BCUT2D eigenvalue weighted by Crippen LogP contribution is -1.94. The monoisotopic (exact) mass is 494 g/mol. The maximum Gasteiger partial charge on any atom is 0.182 e. The first kappa shape index (κ1) is 23.0. The number of imidazole rings is 2. The molecule has 6 heteroatoms. The van der Waals surface area contributed by atoms with Crippen LogP contribution >= 0.6 is 0 Å². The van der Waals surface area contributed by atoms with E-state index >= 15 is 0 Å². The molecule has 0 amide bonds. The molecule has 6 aromatic rings. The molecule has 6 nitrogen and oxygen atoms in total. The van der Waals surface area contributed by atoms with Gasteiger partial charge in [-0.25, -0.2) is 9.97 Å². The minimum Gasteiger partial charge on any atom is -0.497 e. The maximum absolute atomic E-state index is 5.24. The largest absolute Gasteiger partial charge is 0.497 e. The highest BCUT2D eigenvalue weighted by molar-refractivity contribution is 5.71. The zero-order valence-corrected chi connectivity index (χ0v) is 20.8. The normalized spacial score (nSPS) is 10.5. The Balaban J connectivity index is 1.45. The second-order valence-corrected chi connectivity index (χ2v) is 8.44. The van der Waals surface area contributed by atoms with E-state index in [0.717, 1.165) is 33.7 Å². The van der Waals surface area contributed by atoms with Crippen LogP contribution in [0.15, 0.2) is 97.3 Å². The van der Waals surface area contributed by atoms with Gasteiger partial charge in [0.05, 0.1) is 25.3 Å². The zero-order valence-electron chi connectivity index (χ0n) is 20.8. The Morgan fingerprint density at radius 1 is 0.526 bits per heavy atom. The molecular formula is C32H22N4O2. The van der Waals surface area contributed by atoms with Crippen LogP contribution in [-0.2, 0) is 0 Å². The highest BCUT2D eigenvalue weighted by Gasteiger charge is 2.18. The summed E-state index contributed by atoms with van der Waals surface area (Å²) >= 11 is 0. The molecule has 0 unspecified atom stereocenters. The molecule has 4 heterocycles. The number of nitrogens with zero attached hydrogens (tertiary/aromatic N) is 4. The van der Waals surface area contributed by atoms with Crippen molar-refractivity contribution in [2.45, 2.75) is 0 Å². The van der Waals surface area contributed by atoms with Crippen molar-refractivity contribution in [3.63, 3.8) is 0 Å². The Hall–Kier alpha value is -5.46. The number of rotatable bonds is 3. The smallest absolute Gasteiger partial charge is 0.182 e. The first-order valence-corrected chi connectivity index (χ1v) is 12.0. The van der Waals surface area contributed by atoms with E-state index in [1.54, 1.807) is 14.2 Å². The summed E-state index contributed by atoms with van der Waals surface area (Å²) in [6.07, 6.45) is 3.95. The number of benzene rings is 2. The van der Waals surface area contributed by atoms with E-state index in [1.807, 2.05) is 106 Å². The van der Waals surface area contributed by atoms with Crippen molar-refractivity contribution in [1.29, 1.82) is 0 Å². The van der Waals surface area contributed by atoms with Crippen LogP contribution in [0.1, 0.15) is 22.5 Å². The molecule has 6 rings (SSSR count). The Morgan fingerprint density at radius 3 is 1.34 bits per heavy atom. The lowest BCUT2D eigenvalue weighted by atomic mass is 10.2. The minimum absolute atomic E-state index is 0.676. The third-order valence-electron chi connectivity index (χ3n) is 6.13. The van der Waals surface area contributed by atoms with Crippen molar-refractivity contribution in [3.8, 4) is 46.8 Å². The number of fused-ring (bicyclic) bond motifs is 2. The topological polar surface area (TPSA) is 53.1 Å². The average molecular weight is 495 g/mol. The fourth-order valence-electron chi connectivity index (χ4n) is 4.19. The molecule has 0 saturated carbocycles. The van der Waals surface area contributed by atoms with Gasteiger partial charge >= 0.3 is 0 Å². The van der Waals surface area contributed by atoms with E-state index in [0.29, 0.717) is 23.0 Å². The van der Waals surface area contributed by atoms with Gasteiger partial charge in [-0.3, -0.25) is 8.80 Å². The molecule has 0 radical (unpaired) electrons. The molecule has 0 N–H and O–H groups in total. The Morgan fingerprint density at radius 2 is 0.947 bits per heavy atom. The molecule has 0 aliphatic rings. The van der Waals surface area contributed by atoms with E-state index in [1.165, 1.54) is 0 Å². The SMILES string of the molecule is COc1ccc(C#Cc2nc(-c3nc(C#Cc4ccc(OC)cc4)c4ccccn34)n3ccccc23)cc1. The molecule has 2 aromatic carbocycles. The first-order valence-electron chi connectivity index (χ1n) is 12.0. The predicted octanol–water partition coefficient (Wildman–Crippen LogP) is 5.47. The molecule has 0 atom stereocenters. The number of aromatic nitrogens is 4. The number of hydrogen-bond donors (Lipinski definition) is 0. The van der Waals surface area contributed by atoms with Crippen LogP contribution in [0.4, 0.5) is 0 Å². The van der Waals surface area contributed by atoms with E-state index in [4.69, 9.17) is 19.4 Å². The Bertz CT molecular complexity index is 1750. The zero-order chi connectivity index (χ0) is 25.9. The van der Waals surface area contributed by atoms with Crippen LogP contribution in [0.5, 0.6) is 11.5 Å². The van der Waals surface area contributed by atoms with Gasteiger partial charge in [0.2, 0.25) is 0 Å². The van der Waals surface area contributed by atoms with Crippen molar-refractivity contribution in [2.24, 2.45) is 0 Å². The number of pyridine rings is 2. The van der Waals surface area contributed by atoms with Gasteiger partial charge in [0.1, 0.15) is 22.9 Å². The molecule has 4 aromatic heterocycles.